The van der Waals surface area contributed by atoms with Crippen molar-refractivity contribution in [1.29, 1.82) is 0 Å². The summed E-state index contributed by atoms with van der Waals surface area (Å²) in [5, 5.41) is 20.5. The number of ketones is 1. The van der Waals surface area contributed by atoms with Gasteiger partial charge in [0.05, 0.1) is 6.61 Å². The molecule has 0 aromatic rings. The Morgan fingerprint density at radius 1 is 1.29 bits per heavy atom. The van der Waals surface area contributed by atoms with Crippen molar-refractivity contribution in [3.63, 3.8) is 0 Å². The molecular weight excluding hydrogens is 308 g/mol. The summed E-state index contributed by atoms with van der Waals surface area (Å²) in [6.45, 7) is 4.25. The molecule has 0 amide bonds. The van der Waals surface area contributed by atoms with E-state index < -0.39 is 5.41 Å². The summed E-state index contributed by atoms with van der Waals surface area (Å²) in [7, 11) is 0. The van der Waals surface area contributed by atoms with E-state index in [1.807, 2.05) is 6.92 Å². The zero-order chi connectivity index (χ0) is 17.3. The average Bonchev–Trinajstić information content (AvgIpc) is 2.94. The van der Waals surface area contributed by atoms with E-state index in [0.29, 0.717) is 12.8 Å². The van der Waals surface area contributed by atoms with Crippen LogP contribution in [0.4, 0.5) is 0 Å². The number of hydrogen-bond acceptors (Lipinski definition) is 5. The second-order valence-corrected chi connectivity index (χ2v) is 8.17. The summed E-state index contributed by atoms with van der Waals surface area (Å²) in [4.78, 5) is 24.3. The third-order valence-electron chi connectivity index (χ3n) is 7.36. The van der Waals surface area contributed by atoms with Crippen molar-refractivity contribution in [2.24, 2.45) is 22.7 Å². The van der Waals surface area contributed by atoms with Crippen molar-refractivity contribution < 1.29 is 24.5 Å². The minimum absolute atomic E-state index is 0.0155. The second kappa shape index (κ2) is 4.94. The van der Waals surface area contributed by atoms with Crippen LogP contribution in [0.15, 0.2) is 22.5 Å². The lowest BCUT2D eigenvalue weighted by atomic mass is 9.43. The molecule has 0 aromatic heterocycles. The van der Waals surface area contributed by atoms with Gasteiger partial charge in [0.1, 0.15) is 6.61 Å². The first-order chi connectivity index (χ1) is 11.3. The monoisotopic (exact) mass is 332 g/mol. The number of carbonyl (C=O) groups is 2. The van der Waals surface area contributed by atoms with E-state index in [0.717, 1.165) is 36.0 Å². The van der Waals surface area contributed by atoms with Gasteiger partial charge in [-0.25, -0.2) is 4.79 Å². The Labute approximate surface area is 141 Å². The van der Waals surface area contributed by atoms with Crippen LogP contribution < -0.4 is 0 Å². The molecule has 0 saturated heterocycles. The predicted molar refractivity (Wildman–Crippen MR) is 86.0 cm³/mol. The van der Waals surface area contributed by atoms with Crippen LogP contribution in [0, 0.1) is 22.7 Å². The third-order valence-corrected chi connectivity index (χ3v) is 7.36. The maximum atomic E-state index is 12.4. The number of aliphatic hydroxyl groups is 2. The average molecular weight is 332 g/mol. The topological polar surface area (TPSA) is 83.8 Å². The van der Waals surface area contributed by atoms with Gasteiger partial charge in [-0.1, -0.05) is 6.92 Å². The third kappa shape index (κ3) is 1.74. The highest BCUT2D eigenvalue weighted by Crippen LogP contribution is 2.65. The predicted octanol–water partition coefficient (Wildman–Crippen LogP) is 2.45. The number of Topliss-reactive ketones (excluding diaryl/α,β-unsaturated/α-hetero) is 1. The number of rotatable bonds is 1. The lowest BCUT2D eigenvalue weighted by Gasteiger charge is -2.60. The largest absolute Gasteiger partial charge is 0.504 e. The van der Waals surface area contributed by atoms with Crippen LogP contribution in [-0.4, -0.2) is 35.2 Å². The van der Waals surface area contributed by atoms with E-state index in [4.69, 9.17) is 4.74 Å². The molecule has 1 saturated carbocycles. The van der Waals surface area contributed by atoms with Gasteiger partial charge in [-0.05, 0) is 61.0 Å². The van der Waals surface area contributed by atoms with Gasteiger partial charge in [0.25, 0.3) is 0 Å². The van der Waals surface area contributed by atoms with Crippen LogP contribution in [0.3, 0.4) is 0 Å². The molecule has 4 atom stereocenters. The smallest absolute Gasteiger partial charge is 0.334 e. The normalized spacial score (nSPS) is 41.8. The summed E-state index contributed by atoms with van der Waals surface area (Å²) in [5.41, 5.74) is 1.75. The minimum atomic E-state index is -0.460. The van der Waals surface area contributed by atoms with Crippen LogP contribution in [-0.2, 0) is 14.3 Å². The van der Waals surface area contributed by atoms with Crippen molar-refractivity contribution in [3.05, 3.63) is 22.5 Å². The SMILES string of the molecule is CC1=C(O)C(=O)C[C@@]2(C)C1CC[C@@]1(CO)C3=C(CCC12)C(=O)OC3. The minimum Gasteiger partial charge on any atom is -0.504 e. The zero-order valence-electron chi connectivity index (χ0n) is 14.2. The van der Waals surface area contributed by atoms with Crippen LogP contribution in [0.1, 0.15) is 46.0 Å². The molecule has 0 radical (unpaired) electrons. The molecule has 130 valence electrons. The molecule has 2 N–H and O–H groups in total. The molecule has 24 heavy (non-hydrogen) atoms. The number of ether oxygens (including phenoxy) is 1. The van der Waals surface area contributed by atoms with Crippen LogP contribution >= 0.6 is 0 Å². The maximum absolute atomic E-state index is 12.4. The van der Waals surface area contributed by atoms with Crippen molar-refractivity contribution in [1.82, 2.24) is 0 Å². The van der Waals surface area contributed by atoms with Crippen molar-refractivity contribution in [2.75, 3.05) is 13.2 Å². The standard InChI is InChI=1S/C19H24O5/c1-10-12-5-6-19(9-20)13-8-24-17(23)11(13)3-4-15(19)18(12,2)7-14(21)16(10)22/h12,15,20,22H,3-9H2,1-2H3/t12?,15?,18-,19+/m0/s1. The van der Waals surface area contributed by atoms with Crippen LogP contribution in [0.25, 0.3) is 0 Å². The number of hydrogen-bond donors (Lipinski definition) is 2. The first-order valence-electron chi connectivity index (χ1n) is 8.78. The van der Waals surface area contributed by atoms with Gasteiger partial charge in [-0.2, -0.15) is 0 Å². The van der Waals surface area contributed by atoms with E-state index in [1.165, 1.54) is 0 Å². The van der Waals surface area contributed by atoms with Gasteiger partial charge >= 0.3 is 5.97 Å². The Hall–Kier alpha value is -1.62. The highest BCUT2D eigenvalue weighted by molar-refractivity contribution is 5.95. The number of aliphatic hydroxyl groups excluding tert-OH is 2. The summed E-state index contributed by atoms with van der Waals surface area (Å²) in [5.74, 6) is -0.228. The van der Waals surface area contributed by atoms with Gasteiger partial charge in [-0.15, -0.1) is 0 Å². The molecule has 5 nitrogen and oxygen atoms in total. The zero-order valence-corrected chi connectivity index (χ0v) is 14.2. The van der Waals surface area contributed by atoms with Gasteiger partial charge in [0.15, 0.2) is 11.5 Å². The highest BCUT2D eigenvalue weighted by atomic mass is 16.5. The van der Waals surface area contributed by atoms with E-state index in [2.05, 4.69) is 6.92 Å². The fourth-order valence-corrected chi connectivity index (χ4v) is 6.22. The fourth-order valence-electron chi connectivity index (χ4n) is 6.22. The van der Waals surface area contributed by atoms with Gasteiger partial charge in [0.2, 0.25) is 0 Å². The molecule has 3 aliphatic carbocycles. The first kappa shape index (κ1) is 15.9. The fraction of sp³-hybridized carbons (Fsp3) is 0.684. The Morgan fingerprint density at radius 3 is 2.75 bits per heavy atom. The van der Waals surface area contributed by atoms with E-state index in [1.54, 1.807) is 0 Å². The molecular formula is C19H24O5. The Kier molecular flexibility index (Phi) is 3.27. The lowest BCUT2D eigenvalue weighted by Crippen LogP contribution is -2.56. The molecule has 1 heterocycles. The summed E-state index contributed by atoms with van der Waals surface area (Å²) in [6, 6.07) is 0. The molecule has 5 heteroatoms. The van der Waals surface area contributed by atoms with E-state index in [-0.39, 0.29) is 48.0 Å². The van der Waals surface area contributed by atoms with Crippen molar-refractivity contribution in [2.45, 2.75) is 46.0 Å². The summed E-state index contributed by atoms with van der Waals surface area (Å²) >= 11 is 0. The number of esters is 1. The van der Waals surface area contributed by atoms with E-state index in [9.17, 15) is 19.8 Å². The number of fused-ring (bicyclic) bond motifs is 4. The van der Waals surface area contributed by atoms with Crippen molar-refractivity contribution in [3.8, 4) is 0 Å². The molecule has 4 aliphatic rings. The first-order valence-corrected chi connectivity index (χ1v) is 8.78. The van der Waals surface area contributed by atoms with Gasteiger partial charge in [-0.3, -0.25) is 4.79 Å². The highest BCUT2D eigenvalue weighted by Gasteiger charge is 2.61. The second-order valence-electron chi connectivity index (χ2n) is 8.17. The number of cyclic esters (lactones) is 1. The molecule has 1 fully saturated rings. The number of allylic oxidation sites excluding steroid dienone is 2. The van der Waals surface area contributed by atoms with E-state index >= 15 is 0 Å². The van der Waals surface area contributed by atoms with Gasteiger partial charge < -0.3 is 14.9 Å². The molecule has 2 unspecified atom stereocenters. The number of carbonyl (C=O) groups excluding carboxylic acids is 2. The lowest BCUT2D eigenvalue weighted by molar-refractivity contribution is -0.136. The Morgan fingerprint density at radius 2 is 2.04 bits per heavy atom. The molecule has 0 aromatic carbocycles. The summed E-state index contributed by atoms with van der Waals surface area (Å²) < 4.78 is 5.26. The molecule has 1 aliphatic heterocycles. The molecule has 0 bridgehead atoms. The maximum Gasteiger partial charge on any atom is 0.334 e. The quantitative estimate of drug-likeness (QED) is 0.721. The summed E-state index contributed by atoms with van der Waals surface area (Å²) in [6.07, 6.45) is 3.32. The Balaban J connectivity index is 1.84. The molecule has 0 spiro atoms. The Bertz CT molecular complexity index is 703. The van der Waals surface area contributed by atoms with Crippen molar-refractivity contribution >= 4 is 11.8 Å². The van der Waals surface area contributed by atoms with Gasteiger partial charge in [0, 0.05) is 17.4 Å². The van der Waals surface area contributed by atoms with Crippen LogP contribution in [0.2, 0.25) is 0 Å². The molecule has 4 rings (SSSR count). The van der Waals surface area contributed by atoms with Crippen LogP contribution in [0.5, 0.6) is 0 Å².